The lowest BCUT2D eigenvalue weighted by Gasteiger charge is -2.19. The topological polar surface area (TPSA) is 40.9 Å². The van der Waals surface area contributed by atoms with Gasteiger partial charge in [-0.05, 0) is 18.8 Å². The van der Waals surface area contributed by atoms with E-state index in [1.807, 2.05) is 0 Å². The number of hydrogen-bond donors (Lipinski definition) is 0. The summed E-state index contributed by atoms with van der Waals surface area (Å²) in [5.41, 5.74) is 0. The first-order valence-electron chi connectivity index (χ1n) is 5.92. The lowest BCUT2D eigenvalue weighted by Crippen LogP contribution is -2.26. The molecular weight excluding hydrogens is 206 g/mol. The Morgan fingerprint density at radius 2 is 2.00 bits per heavy atom. The fourth-order valence-corrected chi connectivity index (χ4v) is 4.09. The number of nitrogens with zero attached hydrogens (tertiary/aromatic N) is 1. The molecule has 0 aromatic heterocycles. The van der Waals surface area contributed by atoms with Gasteiger partial charge in [-0.15, -0.1) is 0 Å². The summed E-state index contributed by atoms with van der Waals surface area (Å²) in [6, 6.07) is 2.36. The lowest BCUT2D eigenvalue weighted by molar-refractivity contribution is 0.559. The highest BCUT2D eigenvalue weighted by Gasteiger charge is 2.28. The van der Waals surface area contributed by atoms with E-state index in [2.05, 4.69) is 19.9 Å². The van der Waals surface area contributed by atoms with Crippen LogP contribution in [0.3, 0.4) is 0 Å². The van der Waals surface area contributed by atoms with E-state index in [0.29, 0.717) is 5.92 Å². The monoisotopic (exact) mass is 227 g/mol. The number of hydrogen-bond acceptors (Lipinski definition) is 2. The fourth-order valence-electron chi connectivity index (χ4n) is 2.19. The lowest BCUT2D eigenvalue weighted by atomic mass is 10.0. The summed E-state index contributed by atoms with van der Waals surface area (Å²) in [5.74, 6) is 1.25. The molecule has 1 fully saturated rings. The largest absolute Gasteiger partial charge is 0.259 e. The first-order chi connectivity index (χ1) is 7.15. The number of rotatable bonds is 3. The Labute approximate surface area is 95.5 Å². The van der Waals surface area contributed by atoms with Gasteiger partial charge in [0.1, 0.15) is 0 Å². The van der Waals surface area contributed by atoms with Crippen molar-refractivity contribution in [2.24, 2.45) is 11.8 Å². The molecule has 3 heteroatoms. The maximum atomic E-state index is 12.1. The summed E-state index contributed by atoms with van der Waals surface area (Å²) in [7, 11) is -0.800. The zero-order valence-corrected chi connectivity index (χ0v) is 10.6. The van der Waals surface area contributed by atoms with Crippen molar-refractivity contribution in [3.8, 4) is 6.07 Å². The Balaban J connectivity index is 2.62. The second kappa shape index (κ2) is 6.27. The zero-order valence-electron chi connectivity index (χ0n) is 9.74. The van der Waals surface area contributed by atoms with Crippen LogP contribution >= 0.6 is 0 Å². The van der Waals surface area contributed by atoms with Gasteiger partial charge in [-0.3, -0.25) is 4.21 Å². The molecule has 3 unspecified atom stereocenters. The van der Waals surface area contributed by atoms with E-state index in [4.69, 9.17) is 5.26 Å². The summed E-state index contributed by atoms with van der Waals surface area (Å²) < 4.78 is 12.1. The standard InChI is InChI=1S/C12H21NOS/c1-10(2)9-15(14)12-7-5-3-4-6-11(12)8-13/h10-12H,3-7,9H2,1-2H3. The first kappa shape index (κ1) is 12.7. The molecule has 1 aliphatic carbocycles. The average Bonchev–Trinajstić information content (AvgIpc) is 2.40. The molecule has 1 saturated carbocycles. The van der Waals surface area contributed by atoms with E-state index in [0.717, 1.165) is 31.4 Å². The Morgan fingerprint density at radius 3 is 2.60 bits per heavy atom. The van der Waals surface area contributed by atoms with Crippen molar-refractivity contribution in [1.82, 2.24) is 0 Å². The fraction of sp³-hybridized carbons (Fsp3) is 0.917. The molecule has 0 heterocycles. The third-order valence-corrected chi connectivity index (χ3v) is 5.19. The third-order valence-electron chi connectivity index (χ3n) is 2.95. The smallest absolute Gasteiger partial charge is 0.0668 e. The van der Waals surface area contributed by atoms with Gasteiger partial charge >= 0.3 is 0 Å². The molecule has 1 aliphatic rings. The molecule has 0 aromatic rings. The normalized spacial score (nSPS) is 29.5. The molecule has 1 rings (SSSR count). The van der Waals surface area contributed by atoms with Crippen molar-refractivity contribution in [3.63, 3.8) is 0 Å². The second-order valence-corrected chi connectivity index (χ2v) is 6.55. The second-order valence-electron chi connectivity index (χ2n) is 4.85. The van der Waals surface area contributed by atoms with E-state index < -0.39 is 10.8 Å². The quantitative estimate of drug-likeness (QED) is 0.696. The minimum atomic E-state index is -0.800. The maximum Gasteiger partial charge on any atom is 0.0668 e. The van der Waals surface area contributed by atoms with E-state index >= 15 is 0 Å². The molecule has 0 aliphatic heterocycles. The SMILES string of the molecule is CC(C)CS(=O)C1CCCCCC1C#N. The molecule has 0 aromatic carbocycles. The van der Waals surface area contributed by atoms with Crippen LogP contribution in [-0.2, 0) is 10.8 Å². The first-order valence-corrected chi connectivity index (χ1v) is 7.30. The van der Waals surface area contributed by atoms with Crippen molar-refractivity contribution < 1.29 is 4.21 Å². The Kier molecular flexibility index (Phi) is 5.31. The highest BCUT2D eigenvalue weighted by Crippen LogP contribution is 2.27. The van der Waals surface area contributed by atoms with Gasteiger partial charge in [0.25, 0.3) is 0 Å². The van der Waals surface area contributed by atoms with Crippen LogP contribution in [0.5, 0.6) is 0 Å². The predicted molar refractivity (Wildman–Crippen MR) is 63.8 cm³/mol. The van der Waals surface area contributed by atoms with Crippen LogP contribution in [0.15, 0.2) is 0 Å². The Morgan fingerprint density at radius 1 is 1.33 bits per heavy atom. The Hall–Kier alpha value is -0.360. The van der Waals surface area contributed by atoms with Crippen molar-refractivity contribution in [1.29, 1.82) is 5.26 Å². The van der Waals surface area contributed by atoms with Crippen molar-refractivity contribution >= 4 is 10.8 Å². The highest BCUT2D eigenvalue weighted by atomic mass is 32.2. The van der Waals surface area contributed by atoms with Crippen LogP contribution in [-0.4, -0.2) is 15.2 Å². The van der Waals surface area contributed by atoms with Crippen molar-refractivity contribution in [3.05, 3.63) is 0 Å². The number of nitriles is 1. The van der Waals surface area contributed by atoms with Crippen LogP contribution in [0.25, 0.3) is 0 Å². The molecule has 0 radical (unpaired) electrons. The highest BCUT2D eigenvalue weighted by molar-refractivity contribution is 7.85. The van der Waals surface area contributed by atoms with Crippen LogP contribution in [0.4, 0.5) is 0 Å². The molecule has 86 valence electrons. The minimum absolute atomic E-state index is 0.0343. The van der Waals surface area contributed by atoms with Gasteiger partial charge in [-0.25, -0.2) is 0 Å². The van der Waals surface area contributed by atoms with Crippen molar-refractivity contribution in [2.45, 2.75) is 51.2 Å². The molecule has 2 nitrogen and oxygen atoms in total. The summed E-state index contributed by atoms with van der Waals surface area (Å²) in [5, 5.41) is 9.22. The van der Waals surface area contributed by atoms with Gasteiger partial charge in [0.15, 0.2) is 0 Å². The zero-order chi connectivity index (χ0) is 11.3. The van der Waals surface area contributed by atoms with E-state index in [9.17, 15) is 4.21 Å². The average molecular weight is 227 g/mol. The van der Waals surface area contributed by atoms with Crippen LogP contribution < -0.4 is 0 Å². The summed E-state index contributed by atoms with van der Waals surface area (Å²) >= 11 is 0. The van der Waals surface area contributed by atoms with Gasteiger partial charge < -0.3 is 0 Å². The molecule has 3 atom stereocenters. The minimum Gasteiger partial charge on any atom is -0.259 e. The molecule has 0 bridgehead atoms. The summed E-state index contributed by atoms with van der Waals surface area (Å²) in [6.45, 7) is 4.19. The van der Waals surface area contributed by atoms with E-state index in [1.54, 1.807) is 0 Å². The van der Waals surface area contributed by atoms with Gasteiger partial charge in [0.2, 0.25) is 0 Å². The molecule has 0 amide bonds. The maximum absolute atomic E-state index is 12.1. The van der Waals surface area contributed by atoms with Crippen molar-refractivity contribution in [2.75, 3.05) is 5.75 Å². The van der Waals surface area contributed by atoms with E-state index in [1.165, 1.54) is 6.42 Å². The van der Waals surface area contributed by atoms with Crippen LogP contribution in [0, 0.1) is 23.2 Å². The van der Waals surface area contributed by atoms with Gasteiger partial charge in [0.05, 0.1) is 17.2 Å². The molecule has 15 heavy (non-hydrogen) atoms. The van der Waals surface area contributed by atoms with Crippen LogP contribution in [0.1, 0.15) is 46.0 Å². The van der Waals surface area contributed by atoms with Gasteiger partial charge in [-0.1, -0.05) is 33.1 Å². The Bertz CT molecular complexity index is 257. The van der Waals surface area contributed by atoms with Gasteiger partial charge in [0, 0.05) is 16.6 Å². The summed E-state index contributed by atoms with van der Waals surface area (Å²) in [4.78, 5) is 0. The molecule has 0 N–H and O–H groups in total. The predicted octanol–water partition coefficient (Wildman–Crippen LogP) is 2.86. The van der Waals surface area contributed by atoms with Gasteiger partial charge in [-0.2, -0.15) is 5.26 Å². The summed E-state index contributed by atoms with van der Waals surface area (Å²) in [6.07, 6.45) is 5.41. The van der Waals surface area contributed by atoms with E-state index in [-0.39, 0.29) is 11.2 Å². The molecule has 0 spiro atoms. The molecule has 0 saturated heterocycles. The molecular formula is C12H21NOS. The van der Waals surface area contributed by atoms with Crippen LogP contribution in [0.2, 0.25) is 0 Å². The third kappa shape index (κ3) is 3.95.